The fourth-order valence-electron chi connectivity index (χ4n) is 2.07. The monoisotopic (exact) mass is 233 g/mol. The number of amides is 1. The van der Waals surface area contributed by atoms with Crippen LogP contribution in [0.5, 0.6) is 0 Å². The summed E-state index contributed by atoms with van der Waals surface area (Å²) in [6, 6.07) is 3.69. The molecule has 0 atom stereocenters. The van der Waals surface area contributed by atoms with Crippen molar-refractivity contribution in [3.63, 3.8) is 0 Å². The molecule has 1 aliphatic carbocycles. The molecular formula is C13H19N3O. The van der Waals surface area contributed by atoms with Gasteiger partial charge < -0.3 is 10.6 Å². The van der Waals surface area contributed by atoms with E-state index < -0.39 is 0 Å². The zero-order chi connectivity index (χ0) is 12.3. The molecule has 4 heteroatoms. The van der Waals surface area contributed by atoms with Gasteiger partial charge in [-0.1, -0.05) is 13.3 Å². The van der Waals surface area contributed by atoms with Crippen molar-refractivity contribution < 1.29 is 4.79 Å². The van der Waals surface area contributed by atoms with Crippen LogP contribution in [0.2, 0.25) is 0 Å². The molecule has 0 unspecified atom stereocenters. The van der Waals surface area contributed by atoms with E-state index in [4.69, 9.17) is 0 Å². The molecule has 1 fully saturated rings. The van der Waals surface area contributed by atoms with Crippen molar-refractivity contribution >= 4 is 11.6 Å². The van der Waals surface area contributed by atoms with Gasteiger partial charge in [0.2, 0.25) is 0 Å². The largest absolute Gasteiger partial charge is 0.384 e. The van der Waals surface area contributed by atoms with Crippen molar-refractivity contribution in [1.29, 1.82) is 0 Å². The predicted octanol–water partition coefficient (Wildman–Crippen LogP) is 2.04. The molecule has 17 heavy (non-hydrogen) atoms. The summed E-state index contributed by atoms with van der Waals surface area (Å²) in [4.78, 5) is 15.5. The Bertz CT molecular complexity index is 413. The first-order valence-corrected chi connectivity index (χ1v) is 6.05. The minimum atomic E-state index is -0.150. The molecule has 92 valence electrons. The van der Waals surface area contributed by atoms with Crippen LogP contribution in [-0.2, 0) is 0 Å². The van der Waals surface area contributed by atoms with Crippen LogP contribution in [0.1, 0.15) is 36.7 Å². The lowest BCUT2D eigenvalue weighted by atomic mass is 9.70. The first kappa shape index (κ1) is 11.9. The van der Waals surface area contributed by atoms with Crippen LogP contribution < -0.4 is 10.6 Å². The van der Waals surface area contributed by atoms with Crippen molar-refractivity contribution in [2.75, 3.05) is 18.9 Å². The molecule has 2 N–H and O–H groups in total. The van der Waals surface area contributed by atoms with Crippen molar-refractivity contribution in [3.05, 3.63) is 24.0 Å². The molecule has 1 amide bonds. The van der Waals surface area contributed by atoms with Gasteiger partial charge in [-0.2, -0.15) is 0 Å². The first-order valence-electron chi connectivity index (χ1n) is 6.05. The van der Waals surface area contributed by atoms with Gasteiger partial charge in [0.1, 0.15) is 5.69 Å². The zero-order valence-corrected chi connectivity index (χ0v) is 10.4. The molecule has 2 rings (SSSR count). The Balaban J connectivity index is 1.98. The SMILES string of the molecule is CNC(=O)c1cc(NCC2(C)CCC2)ccn1. The van der Waals surface area contributed by atoms with Crippen LogP contribution in [0.3, 0.4) is 0 Å². The van der Waals surface area contributed by atoms with Gasteiger partial charge in [-0.05, 0) is 30.4 Å². The summed E-state index contributed by atoms with van der Waals surface area (Å²) >= 11 is 0. The molecule has 0 radical (unpaired) electrons. The third kappa shape index (κ3) is 2.75. The molecule has 1 aromatic rings. The highest BCUT2D eigenvalue weighted by Gasteiger charge is 2.31. The van der Waals surface area contributed by atoms with E-state index in [2.05, 4.69) is 22.5 Å². The maximum atomic E-state index is 11.4. The predicted molar refractivity (Wildman–Crippen MR) is 68.1 cm³/mol. The van der Waals surface area contributed by atoms with E-state index in [-0.39, 0.29) is 5.91 Å². The second kappa shape index (κ2) is 4.73. The molecule has 1 saturated carbocycles. The summed E-state index contributed by atoms with van der Waals surface area (Å²) in [7, 11) is 1.61. The fraction of sp³-hybridized carbons (Fsp3) is 0.538. The van der Waals surface area contributed by atoms with Crippen molar-refractivity contribution in [1.82, 2.24) is 10.3 Å². The Kier molecular flexibility index (Phi) is 3.31. The normalized spacial score (nSPS) is 17.1. The van der Waals surface area contributed by atoms with Crippen molar-refractivity contribution in [2.45, 2.75) is 26.2 Å². The minimum absolute atomic E-state index is 0.150. The van der Waals surface area contributed by atoms with Crippen LogP contribution in [0.25, 0.3) is 0 Å². The average Bonchev–Trinajstić information content (AvgIpc) is 2.33. The van der Waals surface area contributed by atoms with E-state index in [0.29, 0.717) is 11.1 Å². The lowest BCUT2D eigenvalue weighted by Gasteiger charge is -2.38. The van der Waals surface area contributed by atoms with Gasteiger partial charge >= 0.3 is 0 Å². The average molecular weight is 233 g/mol. The maximum Gasteiger partial charge on any atom is 0.269 e. The number of nitrogens with zero attached hydrogens (tertiary/aromatic N) is 1. The number of nitrogens with one attached hydrogen (secondary N) is 2. The highest BCUT2D eigenvalue weighted by molar-refractivity contribution is 5.92. The van der Waals surface area contributed by atoms with Crippen LogP contribution in [-0.4, -0.2) is 24.5 Å². The minimum Gasteiger partial charge on any atom is -0.384 e. The van der Waals surface area contributed by atoms with Gasteiger partial charge in [0.15, 0.2) is 0 Å². The summed E-state index contributed by atoms with van der Waals surface area (Å²) < 4.78 is 0. The van der Waals surface area contributed by atoms with Crippen molar-refractivity contribution in [3.8, 4) is 0 Å². The van der Waals surface area contributed by atoms with E-state index in [0.717, 1.165) is 12.2 Å². The highest BCUT2D eigenvalue weighted by Crippen LogP contribution is 2.40. The van der Waals surface area contributed by atoms with Crippen LogP contribution >= 0.6 is 0 Å². The van der Waals surface area contributed by atoms with Gasteiger partial charge in [-0.3, -0.25) is 9.78 Å². The maximum absolute atomic E-state index is 11.4. The fourth-order valence-corrected chi connectivity index (χ4v) is 2.07. The van der Waals surface area contributed by atoms with E-state index in [9.17, 15) is 4.79 Å². The van der Waals surface area contributed by atoms with Crippen LogP contribution in [0.4, 0.5) is 5.69 Å². The summed E-state index contributed by atoms with van der Waals surface area (Å²) in [6.07, 6.45) is 5.56. The van der Waals surface area contributed by atoms with Gasteiger partial charge in [0, 0.05) is 25.5 Å². The smallest absolute Gasteiger partial charge is 0.269 e. The van der Waals surface area contributed by atoms with Gasteiger partial charge in [-0.25, -0.2) is 0 Å². The van der Waals surface area contributed by atoms with E-state index in [1.54, 1.807) is 19.3 Å². The number of aromatic nitrogens is 1. The van der Waals surface area contributed by atoms with Crippen LogP contribution in [0, 0.1) is 5.41 Å². The summed E-state index contributed by atoms with van der Waals surface area (Å²) in [6.45, 7) is 3.26. The quantitative estimate of drug-likeness (QED) is 0.836. The Morgan fingerprint density at radius 1 is 1.53 bits per heavy atom. The van der Waals surface area contributed by atoms with Crippen molar-refractivity contribution in [2.24, 2.45) is 5.41 Å². The van der Waals surface area contributed by atoms with Gasteiger partial charge in [0.25, 0.3) is 5.91 Å². The Morgan fingerprint density at radius 2 is 2.29 bits per heavy atom. The molecule has 1 aliphatic rings. The molecule has 0 bridgehead atoms. The summed E-state index contributed by atoms with van der Waals surface area (Å²) in [5.74, 6) is -0.150. The number of anilines is 1. The Hall–Kier alpha value is -1.58. The van der Waals surface area contributed by atoms with Gasteiger partial charge in [0.05, 0.1) is 0 Å². The highest BCUT2D eigenvalue weighted by atomic mass is 16.1. The summed E-state index contributed by atoms with van der Waals surface area (Å²) in [5, 5.41) is 5.96. The number of pyridine rings is 1. The molecule has 0 saturated heterocycles. The zero-order valence-electron chi connectivity index (χ0n) is 10.4. The van der Waals surface area contributed by atoms with Crippen LogP contribution in [0.15, 0.2) is 18.3 Å². The molecule has 0 spiro atoms. The third-order valence-electron chi connectivity index (χ3n) is 3.50. The molecule has 1 heterocycles. The third-order valence-corrected chi connectivity index (χ3v) is 3.50. The lowest BCUT2D eigenvalue weighted by Crippen LogP contribution is -2.33. The number of hydrogen-bond acceptors (Lipinski definition) is 3. The molecule has 0 aliphatic heterocycles. The molecule has 4 nitrogen and oxygen atoms in total. The topological polar surface area (TPSA) is 54.0 Å². The second-order valence-electron chi connectivity index (χ2n) is 5.03. The van der Waals surface area contributed by atoms with E-state index in [1.807, 2.05) is 6.07 Å². The molecule has 0 aromatic carbocycles. The number of rotatable bonds is 4. The van der Waals surface area contributed by atoms with Gasteiger partial charge in [-0.15, -0.1) is 0 Å². The molecule has 1 aromatic heterocycles. The number of carbonyl (C=O) groups is 1. The van der Waals surface area contributed by atoms with E-state index >= 15 is 0 Å². The first-order chi connectivity index (χ1) is 8.13. The molecular weight excluding hydrogens is 214 g/mol. The summed E-state index contributed by atoms with van der Waals surface area (Å²) in [5.41, 5.74) is 1.85. The Morgan fingerprint density at radius 3 is 2.88 bits per heavy atom. The lowest BCUT2D eigenvalue weighted by molar-refractivity contribution is 0.0958. The standard InChI is InChI=1S/C13H19N3O/c1-13(5-3-6-13)9-16-10-4-7-15-11(8-10)12(17)14-2/h4,7-8H,3,5-6,9H2,1-2H3,(H,14,17)(H,15,16). The number of hydrogen-bond donors (Lipinski definition) is 2. The number of carbonyl (C=O) groups excluding carboxylic acids is 1. The Labute approximate surface area is 102 Å². The second-order valence-corrected chi connectivity index (χ2v) is 5.03. The van der Waals surface area contributed by atoms with E-state index in [1.165, 1.54) is 19.3 Å².